The molecule has 0 saturated heterocycles. The fourth-order valence-electron chi connectivity index (χ4n) is 1.79. The maximum Gasteiger partial charge on any atom is 0.285 e. The van der Waals surface area contributed by atoms with Gasteiger partial charge in [0, 0.05) is 24.6 Å². The molecule has 0 atom stereocenters. The molecule has 1 aliphatic carbocycles. The fraction of sp³-hybridized carbons (Fsp3) is 0.500. The Kier molecular flexibility index (Phi) is 4.47. The number of carbonyl (C=O) groups excluding carboxylic acids is 1. The lowest BCUT2D eigenvalue weighted by atomic mass is 10.1. The number of alkyl halides is 2. The van der Waals surface area contributed by atoms with Crippen molar-refractivity contribution in [2.24, 2.45) is 5.92 Å². The number of amides is 1. The average molecular weight is 268 g/mol. The summed E-state index contributed by atoms with van der Waals surface area (Å²) >= 11 is 0. The van der Waals surface area contributed by atoms with E-state index < -0.39 is 12.5 Å². The number of benzene rings is 1. The van der Waals surface area contributed by atoms with Crippen LogP contribution in [0.5, 0.6) is 0 Å². The number of carbonyl (C=O) groups is 1. The van der Waals surface area contributed by atoms with E-state index in [2.05, 4.69) is 10.6 Å². The minimum absolute atomic E-state index is 0.00418. The van der Waals surface area contributed by atoms with E-state index in [4.69, 9.17) is 0 Å². The van der Waals surface area contributed by atoms with Crippen LogP contribution in [0.2, 0.25) is 0 Å². The minimum atomic E-state index is -2.89. The first kappa shape index (κ1) is 13.9. The fourth-order valence-corrected chi connectivity index (χ4v) is 1.79. The molecule has 3 nitrogen and oxygen atoms in total. The number of hydrogen-bond donors (Lipinski definition) is 2. The third-order valence-corrected chi connectivity index (χ3v) is 3.09. The van der Waals surface area contributed by atoms with E-state index in [1.165, 1.54) is 12.1 Å². The van der Waals surface area contributed by atoms with Gasteiger partial charge < -0.3 is 10.6 Å². The highest BCUT2D eigenvalue weighted by molar-refractivity contribution is 5.80. The molecule has 1 aromatic rings. The van der Waals surface area contributed by atoms with E-state index in [0.29, 0.717) is 13.1 Å². The van der Waals surface area contributed by atoms with Gasteiger partial charge in [-0.15, -0.1) is 0 Å². The van der Waals surface area contributed by atoms with Gasteiger partial charge in [0.2, 0.25) is 5.91 Å². The van der Waals surface area contributed by atoms with Gasteiger partial charge >= 0.3 is 0 Å². The lowest BCUT2D eigenvalue weighted by Crippen LogP contribution is -2.37. The highest BCUT2D eigenvalue weighted by Crippen LogP contribution is 2.28. The second kappa shape index (κ2) is 6.10. The molecule has 1 aliphatic rings. The molecule has 0 spiro atoms. The molecule has 5 heteroatoms. The van der Waals surface area contributed by atoms with Crippen LogP contribution in [0.4, 0.5) is 8.78 Å². The highest BCUT2D eigenvalue weighted by Gasteiger charge is 2.31. The molecule has 0 aromatic heterocycles. The first-order chi connectivity index (χ1) is 9.09. The van der Waals surface area contributed by atoms with Crippen LogP contribution in [0.15, 0.2) is 30.3 Å². The molecule has 19 heavy (non-hydrogen) atoms. The topological polar surface area (TPSA) is 41.1 Å². The number of halogens is 2. The summed E-state index contributed by atoms with van der Waals surface area (Å²) in [6.45, 7) is 0.317. The van der Waals surface area contributed by atoms with Gasteiger partial charge in [-0.05, 0) is 12.8 Å². The molecule has 0 unspecified atom stereocenters. The summed E-state index contributed by atoms with van der Waals surface area (Å²) in [6.07, 6.45) is 1.90. The van der Waals surface area contributed by atoms with Crippen molar-refractivity contribution < 1.29 is 13.6 Å². The molecule has 0 bridgehead atoms. The Morgan fingerprint density at radius 3 is 2.53 bits per heavy atom. The van der Waals surface area contributed by atoms with Crippen LogP contribution in [0.1, 0.15) is 18.4 Å². The highest BCUT2D eigenvalue weighted by atomic mass is 19.3. The van der Waals surface area contributed by atoms with Crippen LogP contribution in [0.3, 0.4) is 0 Å². The van der Waals surface area contributed by atoms with E-state index in [9.17, 15) is 13.6 Å². The average Bonchev–Trinajstić information content (AvgIpc) is 3.23. The van der Waals surface area contributed by atoms with Crippen LogP contribution in [0.25, 0.3) is 0 Å². The first-order valence-electron chi connectivity index (χ1n) is 6.51. The van der Waals surface area contributed by atoms with E-state index in [0.717, 1.165) is 12.8 Å². The van der Waals surface area contributed by atoms with Crippen LogP contribution in [0, 0.1) is 5.92 Å². The lowest BCUT2D eigenvalue weighted by Gasteiger charge is -2.17. The van der Waals surface area contributed by atoms with Crippen LogP contribution in [-0.2, 0) is 10.7 Å². The van der Waals surface area contributed by atoms with E-state index >= 15 is 0 Å². The van der Waals surface area contributed by atoms with Gasteiger partial charge in [-0.25, -0.2) is 0 Å². The van der Waals surface area contributed by atoms with Crippen LogP contribution >= 0.6 is 0 Å². The number of rotatable bonds is 7. The molecule has 2 N–H and O–H groups in total. The molecule has 1 aromatic carbocycles. The maximum absolute atomic E-state index is 13.7. The van der Waals surface area contributed by atoms with Crippen molar-refractivity contribution in [1.82, 2.24) is 10.6 Å². The third kappa shape index (κ3) is 4.28. The zero-order chi connectivity index (χ0) is 13.7. The van der Waals surface area contributed by atoms with Crippen LogP contribution in [-0.4, -0.2) is 25.5 Å². The van der Waals surface area contributed by atoms with Crippen molar-refractivity contribution >= 4 is 5.91 Å². The normalized spacial score (nSPS) is 15.3. The van der Waals surface area contributed by atoms with Gasteiger partial charge in [-0.3, -0.25) is 4.79 Å². The van der Waals surface area contributed by atoms with Crippen molar-refractivity contribution in [3.8, 4) is 0 Å². The van der Waals surface area contributed by atoms with E-state index in [1.807, 2.05) is 0 Å². The summed E-state index contributed by atoms with van der Waals surface area (Å²) in [4.78, 5) is 11.3. The largest absolute Gasteiger partial charge is 0.355 e. The molecule has 104 valence electrons. The molecular weight excluding hydrogens is 250 g/mol. The summed E-state index contributed by atoms with van der Waals surface area (Å²) < 4.78 is 27.5. The zero-order valence-corrected chi connectivity index (χ0v) is 10.7. The molecular formula is C14H18F2N2O. The summed E-state index contributed by atoms with van der Waals surface area (Å²) in [5.41, 5.74) is 0.00418. The smallest absolute Gasteiger partial charge is 0.285 e. The second-order valence-corrected chi connectivity index (χ2v) is 4.81. The first-order valence-corrected chi connectivity index (χ1v) is 6.51. The molecule has 2 rings (SSSR count). The Balaban J connectivity index is 1.65. The number of nitrogens with one attached hydrogen (secondary N) is 2. The Hall–Kier alpha value is -1.49. The maximum atomic E-state index is 13.7. The van der Waals surface area contributed by atoms with E-state index in [-0.39, 0.29) is 17.4 Å². The van der Waals surface area contributed by atoms with Crippen molar-refractivity contribution in [3.63, 3.8) is 0 Å². The quantitative estimate of drug-likeness (QED) is 0.742. The Bertz CT molecular complexity index is 419. The van der Waals surface area contributed by atoms with Gasteiger partial charge in [0.15, 0.2) is 0 Å². The molecule has 0 aliphatic heterocycles. The summed E-state index contributed by atoms with van der Waals surface area (Å²) in [7, 11) is 0. The predicted octanol–water partition coefficient (Wildman–Crippen LogP) is 1.89. The van der Waals surface area contributed by atoms with Crippen molar-refractivity contribution in [3.05, 3.63) is 35.9 Å². The van der Waals surface area contributed by atoms with Gasteiger partial charge in [-0.1, -0.05) is 30.3 Å². The molecule has 0 heterocycles. The van der Waals surface area contributed by atoms with Crippen molar-refractivity contribution in [2.45, 2.75) is 18.8 Å². The second-order valence-electron chi connectivity index (χ2n) is 4.81. The molecule has 0 radical (unpaired) electrons. The molecule has 1 saturated carbocycles. The number of hydrogen-bond acceptors (Lipinski definition) is 2. The summed E-state index contributed by atoms with van der Waals surface area (Å²) in [5.74, 6) is -2.69. The Labute approximate surface area is 111 Å². The minimum Gasteiger partial charge on any atom is -0.355 e. The van der Waals surface area contributed by atoms with Gasteiger partial charge in [-0.2, -0.15) is 8.78 Å². The van der Waals surface area contributed by atoms with Crippen molar-refractivity contribution in [1.29, 1.82) is 0 Å². The summed E-state index contributed by atoms with van der Waals surface area (Å²) in [5, 5.41) is 5.40. The molecule has 1 amide bonds. The standard InChI is InChI=1S/C14H18F2N2O/c15-14(16,12-4-2-1-3-5-12)10-17-8-9-18-13(19)11-6-7-11/h1-5,11,17H,6-10H2,(H,18,19). The lowest BCUT2D eigenvalue weighted by molar-refractivity contribution is -0.122. The van der Waals surface area contributed by atoms with Gasteiger partial charge in [0.05, 0.1) is 6.54 Å². The van der Waals surface area contributed by atoms with E-state index in [1.54, 1.807) is 18.2 Å². The van der Waals surface area contributed by atoms with Gasteiger partial charge in [0.1, 0.15) is 0 Å². The SMILES string of the molecule is O=C(NCCNCC(F)(F)c1ccccc1)C1CC1. The third-order valence-electron chi connectivity index (χ3n) is 3.09. The van der Waals surface area contributed by atoms with Crippen molar-refractivity contribution in [2.75, 3.05) is 19.6 Å². The zero-order valence-electron chi connectivity index (χ0n) is 10.7. The summed E-state index contributed by atoms with van der Waals surface area (Å²) in [6, 6.07) is 7.73. The predicted molar refractivity (Wildman–Crippen MR) is 68.9 cm³/mol. The monoisotopic (exact) mass is 268 g/mol. The van der Waals surface area contributed by atoms with Gasteiger partial charge in [0.25, 0.3) is 5.92 Å². The van der Waals surface area contributed by atoms with Crippen LogP contribution < -0.4 is 10.6 Å². The Morgan fingerprint density at radius 2 is 1.89 bits per heavy atom. The molecule has 1 fully saturated rings. The Morgan fingerprint density at radius 1 is 1.21 bits per heavy atom.